The third-order valence-corrected chi connectivity index (χ3v) is 5.00. The van der Waals surface area contributed by atoms with Crippen molar-refractivity contribution in [2.24, 2.45) is 5.92 Å². The van der Waals surface area contributed by atoms with Crippen molar-refractivity contribution < 1.29 is 8.42 Å². The Labute approximate surface area is 116 Å². The normalized spacial score (nSPS) is 24.7. The van der Waals surface area contributed by atoms with E-state index in [2.05, 4.69) is 12.2 Å². The molecular formula is C15H23NO2S. The minimum atomic E-state index is -3.12. The van der Waals surface area contributed by atoms with Crippen LogP contribution in [0.2, 0.25) is 0 Å². The van der Waals surface area contributed by atoms with E-state index in [0.717, 1.165) is 11.6 Å². The predicted molar refractivity (Wildman–Crippen MR) is 79.2 cm³/mol. The highest BCUT2D eigenvalue weighted by Crippen LogP contribution is 2.25. The summed E-state index contributed by atoms with van der Waals surface area (Å²) in [4.78, 5) is 0.388. The van der Waals surface area contributed by atoms with Gasteiger partial charge in [-0.3, -0.25) is 0 Å². The molecule has 2 rings (SSSR count). The molecule has 0 aliphatic heterocycles. The molecule has 0 aromatic heterocycles. The second-order valence-corrected chi connectivity index (χ2v) is 7.77. The lowest BCUT2D eigenvalue weighted by molar-refractivity contribution is 0.502. The molecular weight excluding hydrogens is 258 g/mol. The highest BCUT2D eigenvalue weighted by atomic mass is 32.2. The van der Waals surface area contributed by atoms with Crippen molar-refractivity contribution >= 4 is 15.5 Å². The van der Waals surface area contributed by atoms with Crippen LogP contribution in [-0.2, 0) is 9.84 Å². The Hall–Kier alpha value is -1.03. The average Bonchev–Trinajstić information content (AvgIpc) is 2.54. The lowest BCUT2D eigenvalue weighted by Crippen LogP contribution is -2.18. The quantitative estimate of drug-likeness (QED) is 0.863. The zero-order valence-corrected chi connectivity index (χ0v) is 12.5. The molecule has 2 atom stereocenters. The Morgan fingerprint density at radius 1 is 1.16 bits per heavy atom. The molecule has 1 aliphatic rings. The van der Waals surface area contributed by atoms with Gasteiger partial charge in [0.1, 0.15) is 0 Å². The van der Waals surface area contributed by atoms with Crippen LogP contribution in [-0.4, -0.2) is 20.7 Å². The summed E-state index contributed by atoms with van der Waals surface area (Å²) >= 11 is 0. The molecule has 0 saturated heterocycles. The van der Waals surface area contributed by atoms with E-state index < -0.39 is 9.84 Å². The van der Waals surface area contributed by atoms with Crippen molar-refractivity contribution in [2.45, 2.75) is 50.0 Å². The van der Waals surface area contributed by atoms with Crippen LogP contribution >= 0.6 is 0 Å². The molecule has 1 N–H and O–H groups in total. The fraction of sp³-hybridized carbons (Fsp3) is 0.600. The third kappa shape index (κ3) is 4.23. The maximum Gasteiger partial charge on any atom is 0.175 e. The van der Waals surface area contributed by atoms with Crippen LogP contribution in [0.25, 0.3) is 0 Å². The monoisotopic (exact) mass is 281 g/mol. The van der Waals surface area contributed by atoms with E-state index in [0.29, 0.717) is 10.9 Å². The highest BCUT2D eigenvalue weighted by molar-refractivity contribution is 7.90. The molecule has 0 amide bonds. The van der Waals surface area contributed by atoms with Gasteiger partial charge in [-0.1, -0.05) is 25.8 Å². The summed E-state index contributed by atoms with van der Waals surface area (Å²) in [5.74, 6) is 0.814. The SMILES string of the molecule is CC1CCCC(Nc2cccc(S(C)(=O)=O)c2)CC1. The lowest BCUT2D eigenvalue weighted by Gasteiger charge is -2.18. The van der Waals surface area contributed by atoms with Gasteiger partial charge in [-0.25, -0.2) is 8.42 Å². The maximum atomic E-state index is 11.5. The van der Waals surface area contributed by atoms with Crippen LogP contribution in [0.5, 0.6) is 0 Å². The zero-order valence-electron chi connectivity index (χ0n) is 11.7. The van der Waals surface area contributed by atoms with Crippen LogP contribution in [0.1, 0.15) is 39.0 Å². The summed E-state index contributed by atoms with van der Waals surface area (Å²) in [7, 11) is -3.12. The van der Waals surface area contributed by atoms with Crippen LogP contribution < -0.4 is 5.32 Å². The van der Waals surface area contributed by atoms with Gasteiger partial charge in [-0.05, 0) is 43.4 Å². The smallest absolute Gasteiger partial charge is 0.175 e. The van der Waals surface area contributed by atoms with Crippen LogP contribution in [0, 0.1) is 5.92 Å². The molecule has 106 valence electrons. The third-order valence-electron chi connectivity index (χ3n) is 3.89. The summed E-state index contributed by atoms with van der Waals surface area (Å²) in [5.41, 5.74) is 0.919. The van der Waals surface area contributed by atoms with Crippen LogP contribution in [0.15, 0.2) is 29.2 Å². The Kier molecular flexibility index (Phi) is 4.50. The molecule has 0 radical (unpaired) electrons. The van der Waals surface area contributed by atoms with Crippen molar-refractivity contribution in [3.63, 3.8) is 0 Å². The molecule has 3 nitrogen and oxygen atoms in total. The maximum absolute atomic E-state index is 11.5. The van der Waals surface area contributed by atoms with Crippen LogP contribution in [0.4, 0.5) is 5.69 Å². The van der Waals surface area contributed by atoms with Gasteiger partial charge in [0.25, 0.3) is 0 Å². The number of anilines is 1. The Morgan fingerprint density at radius 2 is 1.95 bits per heavy atom. The summed E-state index contributed by atoms with van der Waals surface area (Å²) < 4.78 is 23.1. The minimum Gasteiger partial charge on any atom is -0.382 e. The first kappa shape index (κ1) is 14.4. The van der Waals surface area contributed by atoms with Crippen molar-refractivity contribution in [3.05, 3.63) is 24.3 Å². The molecule has 1 aromatic carbocycles. The average molecular weight is 281 g/mol. The van der Waals surface area contributed by atoms with Crippen molar-refractivity contribution in [1.82, 2.24) is 0 Å². The number of hydrogen-bond donors (Lipinski definition) is 1. The van der Waals surface area contributed by atoms with Gasteiger partial charge in [-0.2, -0.15) is 0 Å². The Morgan fingerprint density at radius 3 is 2.68 bits per heavy atom. The van der Waals surface area contributed by atoms with E-state index in [1.807, 2.05) is 6.07 Å². The summed E-state index contributed by atoms with van der Waals surface area (Å²) in [6, 6.07) is 7.61. The van der Waals surface area contributed by atoms with Crippen molar-refractivity contribution in [2.75, 3.05) is 11.6 Å². The lowest BCUT2D eigenvalue weighted by atomic mass is 10.0. The van der Waals surface area contributed by atoms with Crippen LogP contribution in [0.3, 0.4) is 0 Å². The molecule has 1 aliphatic carbocycles. The molecule has 19 heavy (non-hydrogen) atoms. The molecule has 1 aromatic rings. The van der Waals surface area contributed by atoms with Gasteiger partial charge in [0.2, 0.25) is 0 Å². The molecule has 1 fully saturated rings. The first-order valence-corrected chi connectivity index (χ1v) is 8.91. The zero-order chi connectivity index (χ0) is 13.9. The van der Waals surface area contributed by atoms with E-state index in [4.69, 9.17) is 0 Å². The van der Waals surface area contributed by atoms with E-state index in [-0.39, 0.29) is 0 Å². The first-order valence-electron chi connectivity index (χ1n) is 7.02. The second kappa shape index (κ2) is 5.95. The molecule has 4 heteroatoms. The molecule has 1 saturated carbocycles. The van der Waals surface area contributed by atoms with Gasteiger partial charge in [-0.15, -0.1) is 0 Å². The number of rotatable bonds is 3. The predicted octanol–water partition coefficient (Wildman–Crippen LogP) is 3.47. The summed E-state index contributed by atoms with van der Waals surface area (Å²) in [5, 5.41) is 3.49. The Bertz CT molecular complexity index is 525. The highest BCUT2D eigenvalue weighted by Gasteiger charge is 2.16. The molecule has 0 bridgehead atoms. The van der Waals surface area contributed by atoms with Gasteiger partial charge in [0.15, 0.2) is 9.84 Å². The second-order valence-electron chi connectivity index (χ2n) is 5.75. The van der Waals surface area contributed by atoms with Gasteiger partial charge < -0.3 is 5.32 Å². The van der Waals surface area contributed by atoms with Gasteiger partial charge in [0.05, 0.1) is 4.90 Å². The van der Waals surface area contributed by atoms with E-state index in [1.54, 1.807) is 18.2 Å². The molecule has 2 unspecified atom stereocenters. The summed E-state index contributed by atoms with van der Waals surface area (Å²) in [6.45, 7) is 2.31. The largest absolute Gasteiger partial charge is 0.382 e. The fourth-order valence-corrected chi connectivity index (χ4v) is 3.35. The number of benzene rings is 1. The van der Waals surface area contributed by atoms with Crippen molar-refractivity contribution in [3.8, 4) is 0 Å². The van der Waals surface area contributed by atoms with Crippen molar-refractivity contribution in [1.29, 1.82) is 0 Å². The van der Waals surface area contributed by atoms with E-state index >= 15 is 0 Å². The topological polar surface area (TPSA) is 46.2 Å². The molecule has 0 spiro atoms. The first-order chi connectivity index (χ1) is 8.95. The number of sulfone groups is 1. The van der Waals surface area contributed by atoms with E-state index in [9.17, 15) is 8.42 Å². The Balaban J connectivity index is 2.07. The standard InChI is InChI=1S/C15H23NO2S/c1-12-5-3-6-13(10-9-12)16-14-7-4-8-15(11-14)19(2,17)18/h4,7-8,11-13,16H,3,5-6,9-10H2,1-2H3. The van der Waals surface area contributed by atoms with Gasteiger partial charge in [0, 0.05) is 18.0 Å². The summed E-state index contributed by atoms with van der Waals surface area (Å²) in [6.07, 6.45) is 7.41. The fourth-order valence-electron chi connectivity index (χ4n) is 2.68. The van der Waals surface area contributed by atoms with Gasteiger partial charge >= 0.3 is 0 Å². The number of nitrogens with one attached hydrogen (secondary N) is 1. The molecule has 0 heterocycles. The van der Waals surface area contributed by atoms with E-state index in [1.165, 1.54) is 38.4 Å². The minimum absolute atomic E-state index is 0.388. The number of hydrogen-bond acceptors (Lipinski definition) is 3.